The van der Waals surface area contributed by atoms with Gasteiger partial charge in [0, 0.05) is 25.0 Å². The van der Waals surface area contributed by atoms with Gasteiger partial charge in [-0.15, -0.1) is 0 Å². The molecular formula is C17H25FN2O. The fourth-order valence-electron chi connectivity index (χ4n) is 3.12. The second kappa shape index (κ2) is 7.14. The number of halogens is 1. The SMILES string of the molecule is CC(CN(C)CC1CCCN1C)C(=O)c1ccccc1F. The zero-order valence-electron chi connectivity index (χ0n) is 13.2. The molecule has 0 aromatic heterocycles. The van der Waals surface area contributed by atoms with E-state index in [1.807, 2.05) is 14.0 Å². The quantitative estimate of drug-likeness (QED) is 0.753. The van der Waals surface area contributed by atoms with Crippen LogP contribution in [0.1, 0.15) is 30.1 Å². The van der Waals surface area contributed by atoms with Gasteiger partial charge in [-0.1, -0.05) is 19.1 Å². The number of Topliss-reactive ketones (excluding diaryl/α,β-unsaturated/α-hetero) is 1. The van der Waals surface area contributed by atoms with Crippen molar-refractivity contribution in [2.45, 2.75) is 25.8 Å². The van der Waals surface area contributed by atoms with Gasteiger partial charge < -0.3 is 9.80 Å². The zero-order valence-corrected chi connectivity index (χ0v) is 13.2. The average Bonchev–Trinajstić information content (AvgIpc) is 2.84. The molecule has 0 spiro atoms. The van der Waals surface area contributed by atoms with Crippen LogP contribution in [0.5, 0.6) is 0 Å². The second-order valence-electron chi connectivity index (χ2n) is 6.24. The van der Waals surface area contributed by atoms with Crippen molar-refractivity contribution in [3.8, 4) is 0 Å². The summed E-state index contributed by atoms with van der Waals surface area (Å²) >= 11 is 0. The van der Waals surface area contributed by atoms with E-state index in [-0.39, 0.29) is 17.3 Å². The third-order valence-corrected chi connectivity index (χ3v) is 4.37. The summed E-state index contributed by atoms with van der Waals surface area (Å²) in [6.07, 6.45) is 2.47. The molecule has 3 nitrogen and oxygen atoms in total. The predicted molar refractivity (Wildman–Crippen MR) is 83.0 cm³/mol. The van der Waals surface area contributed by atoms with Gasteiger partial charge in [0.15, 0.2) is 5.78 Å². The molecule has 2 rings (SSSR count). The first-order chi connectivity index (χ1) is 9.99. The minimum atomic E-state index is -0.424. The Labute approximate surface area is 126 Å². The summed E-state index contributed by atoms with van der Waals surface area (Å²) in [4.78, 5) is 16.9. The molecule has 21 heavy (non-hydrogen) atoms. The maximum absolute atomic E-state index is 13.7. The molecule has 0 aliphatic carbocycles. The number of likely N-dealkylation sites (N-methyl/N-ethyl adjacent to an activating group) is 2. The first kappa shape index (κ1) is 16.1. The molecule has 0 N–H and O–H groups in total. The molecule has 0 radical (unpaired) electrons. The Morgan fingerprint density at radius 1 is 1.48 bits per heavy atom. The fourth-order valence-corrected chi connectivity index (χ4v) is 3.12. The van der Waals surface area contributed by atoms with E-state index < -0.39 is 5.82 Å². The van der Waals surface area contributed by atoms with Gasteiger partial charge in [0.1, 0.15) is 5.82 Å². The Morgan fingerprint density at radius 2 is 2.19 bits per heavy atom. The lowest BCUT2D eigenvalue weighted by Gasteiger charge is -2.27. The minimum Gasteiger partial charge on any atom is -0.304 e. The van der Waals surface area contributed by atoms with Crippen LogP contribution in [0, 0.1) is 11.7 Å². The van der Waals surface area contributed by atoms with Crippen molar-refractivity contribution < 1.29 is 9.18 Å². The highest BCUT2D eigenvalue weighted by Gasteiger charge is 2.24. The Kier molecular flexibility index (Phi) is 5.48. The number of hydrogen-bond acceptors (Lipinski definition) is 3. The third kappa shape index (κ3) is 4.11. The molecule has 1 aliphatic rings. The van der Waals surface area contributed by atoms with Crippen molar-refractivity contribution in [3.05, 3.63) is 35.6 Å². The summed E-state index contributed by atoms with van der Waals surface area (Å²) in [6, 6.07) is 6.81. The molecule has 1 heterocycles. The Balaban J connectivity index is 1.90. The van der Waals surface area contributed by atoms with E-state index in [1.165, 1.54) is 18.9 Å². The Bertz CT molecular complexity index is 491. The molecule has 1 fully saturated rings. The number of ketones is 1. The predicted octanol–water partition coefficient (Wildman–Crippen LogP) is 2.67. The summed E-state index contributed by atoms with van der Waals surface area (Å²) in [6.45, 7) is 4.66. The van der Waals surface area contributed by atoms with Crippen LogP contribution >= 0.6 is 0 Å². The van der Waals surface area contributed by atoms with Crippen molar-refractivity contribution in [1.29, 1.82) is 0 Å². The molecule has 1 saturated heterocycles. The topological polar surface area (TPSA) is 23.6 Å². The first-order valence-corrected chi connectivity index (χ1v) is 7.66. The summed E-state index contributed by atoms with van der Waals surface area (Å²) < 4.78 is 13.7. The number of nitrogens with zero attached hydrogens (tertiary/aromatic N) is 2. The van der Waals surface area contributed by atoms with Crippen LogP contribution in [-0.4, -0.2) is 55.4 Å². The van der Waals surface area contributed by atoms with Gasteiger partial charge in [-0.3, -0.25) is 4.79 Å². The average molecular weight is 292 g/mol. The standard InChI is InChI=1S/C17H25FN2O/c1-13(17(21)15-8-4-5-9-16(15)18)11-19(2)12-14-7-6-10-20(14)3/h4-5,8-9,13-14H,6-7,10-12H2,1-3H3. The highest BCUT2D eigenvalue weighted by molar-refractivity contribution is 5.98. The Hall–Kier alpha value is -1.26. The van der Waals surface area contributed by atoms with Gasteiger partial charge in [0.2, 0.25) is 0 Å². The van der Waals surface area contributed by atoms with Gasteiger partial charge in [-0.2, -0.15) is 0 Å². The van der Waals surface area contributed by atoms with E-state index in [1.54, 1.807) is 18.2 Å². The molecule has 1 aromatic rings. The molecule has 116 valence electrons. The summed E-state index contributed by atoms with van der Waals surface area (Å²) in [5.41, 5.74) is 0.205. The molecule has 0 bridgehead atoms. The summed E-state index contributed by atoms with van der Waals surface area (Å²) in [5, 5.41) is 0. The molecule has 0 amide bonds. The lowest BCUT2D eigenvalue weighted by molar-refractivity contribution is 0.0890. The second-order valence-corrected chi connectivity index (χ2v) is 6.24. The van der Waals surface area contributed by atoms with Crippen LogP contribution in [0.25, 0.3) is 0 Å². The lowest BCUT2D eigenvalue weighted by Crippen LogP contribution is -2.39. The molecule has 4 heteroatoms. The monoisotopic (exact) mass is 292 g/mol. The number of carbonyl (C=O) groups excluding carboxylic acids is 1. The number of carbonyl (C=O) groups is 1. The largest absolute Gasteiger partial charge is 0.304 e. The Morgan fingerprint density at radius 3 is 2.81 bits per heavy atom. The van der Waals surface area contributed by atoms with E-state index in [0.29, 0.717) is 12.6 Å². The highest BCUT2D eigenvalue weighted by atomic mass is 19.1. The van der Waals surface area contributed by atoms with E-state index >= 15 is 0 Å². The third-order valence-electron chi connectivity index (χ3n) is 4.37. The molecule has 1 aliphatic heterocycles. The summed E-state index contributed by atoms with van der Waals surface area (Å²) in [7, 11) is 4.19. The number of rotatable bonds is 6. The van der Waals surface area contributed by atoms with Crippen molar-refractivity contribution >= 4 is 5.78 Å². The number of hydrogen-bond donors (Lipinski definition) is 0. The number of benzene rings is 1. The maximum atomic E-state index is 13.7. The van der Waals surface area contributed by atoms with Crippen LogP contribution in [0.4, 0.5) is 4.39 Å². The molecule has 2 unspecified atom stereocenters. The molecular weight excluding hydrogens is 267 g/mol. The first-order valence-electron chi connectivity index (χ1n) is 7.66. The van der Waals surface area contributed by atoms with Crippen LogP contribution in [0.2, 0.25) is 0 Å². The van der Waals surface area contributed by atoms with Gasteiger partial charge in [0.25, 0.3) is 0 Å². The van der Waals surface area contributed by atoms with Crippen molar-refractivity contribution in [1.82, 2.24) is 9.80 Å². The van der Waals surface area contributed by atoms with Gasteiger partial charge in [0.05, 0.1) is 5.56 Å². The van der Waals surface area contributed by atoms with Gasteiger partial charge >= 0.3 is 0 Å². The van der Waals surface area contributed by atoms with Crippen LogP contribution in [0.15, 0.2) is 24.3 Å². The summed E-state index contributed by atoms with van der Waals surface area (Å²) in [5.74, 6) is -0.731. The van der Waals surface area contributed by atoms with Crippen LogP contribution < -0.4 is 0 Å². The van der Waals surface area contributed by atoms with Crippen molar-refractivity contribution in [2.75, 3.05) is 33.7 Å². The molecule has 1 aromatic carbocycles. The van der Waals surface area contributed by atoms with E-state index in [4.69, 9.17) is 0 Å². The van der Waals surface area contributed by atoms with E-state index in [9.17, 15) is 9.18 Å². The van der Waals surface area contributed by atoms with Gasteiger partial charge in [-0.25, -0.2) is 4.39 Å². The van der Waals surface area contributed by atoms with E-state index in [2.05, 4.69) is 16.8 Å². The molecule has 0 saturated carbocycles. The van der Waals surface area contributed by atoms with E-state index in [0.717, 1.165) is 13.1 Å². The van der Waals surface area contributed by atoms with Gasteiger partial charge in [-0.05, 0) is 45.6 Å². The maximum Gasteiger partial charge on any atom is 0.169 e. The van der Waals surface area contributed by atoms with Crippen molar-refractivity contribution in [2.24, 2.45) is 5.92 Å². The minimum absolute atomic E-state index is 0.111. The lowest BCUT2D eigenvalue weighted by atomic mass is 9.98. The molecule has 2 atom stereocenters. The van der Waals surface area contributed by atoms with Crippen LogP contribution in [0.3, 0.4) is 0 Å². The normalized spacial score (nSPS) is 20.9. The fraction of sp³-hybridized carbons (Fsp3) is 0.588. The van der Waals surface area contributed by atoms with Crippen molar-refractivity contribution in [3.63, 3.8) is 0 Å². The van der Waals surface area contributed by atoms with Crippen LogP contribution in [-0.2, 0) is 0 Å². The smallest absolute Gasteiger partial charge is 0.169 e. The highest BCUT2D eigenvalue weighted by Crippen LogP contribution is 2.17. The number of likely N-dealkylation sites (tertiary alicyclic amines) is 1. The zero-order chi connectivity index (χ0) is 15.4.